The molecule has 150 valence electrons. The lowest BCUT2D eigenvalue weighted by molar-refractivity contribution is -0.377. The Morgan fingerprint density at radius 2 is 1.12 bits per heavy atom. The van der Waals surface area contributed by atoms with Gasteiger partial charge in [-0.1, -0.05) is 39.5 Å². The number of unbranched alkanes of at least 4 members (excludes halogenated alkanes) is 4. The Hall–Kier alpha value is -2.06. The molecule has 0 fully saturated rings. The molecule has 0 aliphatic heterocycles. The van der Waals surface area contributed by atoms with Crippen LogP contribution >= 0.6 is 0 Å². The predicted octanol–water partition coefficient (Wildman–Crippen LogP) is 4.68. The number of hydrogen-bond donors (Lipinski definition) is 2. The van der Waals surface area contributed by atoms with Gasteiger partial charge in [0, 0.05) is 37.8 Å². The number of allylic oxidation sites excluding steroid dienone is 2. The maximum absolute atomic E-state index is 11.6. The summed E-state index contributed by atoms with van der Waals surface area (Å²) in [5.74, 6) is -1.04. The van der Waals surface area contributed by atoms with Gasteiger partial charge in [-0.3, -0.25) is 19.4 Å². The van der Waals surface area contributed by atoms with Crippen molar-refractivity contribution in [2.45, 2.75) is 78.1 Å². The van der Waals surface area contributed by atoms with Crippen molar-refractivity contribution in [3.05, 3.63) is 24.0 Å². The summed E-state index contributed by atoms with van der Waals surface area (Å²) in [5.41, 5.74) is 0. The van der Waals surface area contributed by atoms with Gasteiger partial charge in [0.15, 0.2) is 0 Å². The Kier molecular flexibility index (Phi) is 15.1. The third-order valence-electron chi connectivity index (χ3n) is 3.50. The SMILES string of the molecule is CCCCCC(=O)CC=C(OO)OOC(=CCC(=O)CCCCC)OO. The average Bonchev–Trinajstić information content (AvgIpc) is 2.64. The van der Waals surface area contributed by atoms with Gasteiger partial charge in [0.1, 0.15) is 11.6 Å². The van der Waals surface area contributed by atoms with Gasteiger partial charge in [-0.05, 0) is 12.8 Å². The van der Waals surface area contributed by atoms with Gasteiger partial charge >= 0.3 is 11.9 Å². The van der Waals surface area contributed by atoms with E-state index in [0.717, 1.165) is 38.5 Å². The van der Waals surface area contributed by atoms with E-state index in [1.165, 1.54) is 12.2 Å². The van der Waals surface area contributed by atoms with Gasteiger partial charge < -0.3 is 0 Å². The van der Waals surface area contributed by atoms with Crippen molar-refractivity contribution in [3.8, 4) is 0 Å². The van der Waals surface area contributed by atoms with Gasteiger partial charge in [0.2, 0.25) is 0 Å². The predicted molar refractivity (Wildman–Crippen MR) is 93.3 cm³/mol. The third kappa shape index (κ3) is 13.3. The number of carbonyl (C=O) groups excluding carboxylic acids is 2. The van der Waals surface area contributed by atoms with Crippen LogP contribution in [0.15, 0.2) is 24.0 Å². The van der Waals surface area contributed by atoms with E-state index in [0.29, 0.717) is 12.8 Å². The molecule has 0 bridgehead atoms. The van der Waals surface area contributed by atoms with Crippen molar-refractivity contribution in [1.82, 2.24) is 0 Å². The largest absolute Gasteiger partial charge is 0.362 e. The van der Waals surface area contributed by atoms with Gasteiger partial charge in [-0.15, -0.1) is 0 Å². The fraction of sp³-hybridized carbons (Fsp3) is 0.667. The van der Waals surface area contributed by atoms with E-state index in [9.17, 15) is 9.59 Å². The summed E-state index contributed by atoms with van der Waals surface area (Å²) < 4.78 is 0. The second-order valence-electron chi connectivity index (χ2n) is 5.80. The van der Waals surface area contributed by atoms with Crippen molar-refractivity contribution < 1.29 is 39.7 Å². The molecule has 0 aromatic heterocycles. The highest BCUT2D eigenvalue weighted by atomic mass is 17.3. The minimum absolute atomic E-state index is 0.00207. The fourth-order valence-electron chi connectivity index (χ4n) is 2.00. The average molecular weight is 374 g/mol. The molecule has 0 radical (unpaired) electrons. The van der Waals surface area contributed by atoms with Crippen molar-refractivity contribution >= 4 is 11.6 Å². The number of hydrogen-bond acceptors (Lipinski definition) is 8. The lowest BCUT2D eigenvalue weighted by Gasteiger charge is -2.06. The first-order chi connectivity index (χ1) is 12.6. The van der Waals surface area contributed by atoms with Crippen molar-refractivity contribution in [1.29, 1.82) is 0 Å². The molecule has 0 aliphatic rings. The molecule has 0 saturated carbocycles. The number of ketones is 2. The number of Topliss-reactive ketones (excluding diaryl/α,β-unsaturated/α-hetero) is 2. The molecule has 8 heteroatoms. The quantitative estimate of drug-likeness (QED) is 0.163. The van der Waals surface area contributed by atoms with Crippen LogP contribution in [0.1, 0.15) is 78.1 Å². The summed E-state index contributed by atoms with van der Waals surface area (Å²) in [7, 11) is 0. The topological polar surface area (TPSA) is 112 Å². The van der Waals surface area contributed by atoms with Crippen LogP contribution in [0.5, 0.6) is 0 Å². The minimum Gasteiger partial charge on any atom is -0.299 e. The summed E-state index contributed by atoms with van der Waals surface area (Å²) in [6.45, 7) is 4.08. The zero-order valence-electron chi connectivity index (χ0n) is 15.6. The summed E-state index contributed by atoms with van der Waals surface area (Å²) >= 11 is 0. The number of rotatable bonds is 17. The summed E-state index contributed by atoms with van der Waals surface area (Å²) in [4.78, 5) is 40.4. The van der Waals surface area contributed by atoms with Gasteiger partial charge in [-0.2, -0.15) is 10.5 Å². The van der Waals surface area contributed by atoms with Crippen LogP contribution in [0.3, 0.4) is 0 Å². The highest BCUT2D eigenvalue weighted by Crippen LogP contribution is 2.10. The second kappa shape index (κ2) is 16.4. The molecular formula is C18H30O8. The van der Waals surface area contributed by atoms with Gasteiger partial charge in [-0.25, -0.2) is 9.78 Å². The van der Waals surface area contributed by atoms with Crippen molar-refractivity contribution in [2.24, 2.45) is 0 Å². The highest BCUT2D eigenvalue weighted by Gasteiger charge is 2.09. The van der Waals surface area contributed by atoms with E-state index >= 15 is 0 Å². The maximum Gasteiger partial charge on any atom is 0.362 e. The van der Waals surface area contributed by atoms with E-state index in [1.807, 2.05) is 13.8 Å². The van der Waals surface area contributed by atoms with E-state index in [2.05, 4.69) is 19.6 Å². The van der Waals surface area contributed by atoms with Gasteiger partial charge in [0.25, 0.3) is 0 Å². The molecule has 2 N–H and O–H groups in total. The molecule has 0 amide bonds. The van der Waals surface area contributed by atoms with Crippen LogP contribution < -0.4 is 0 Å². The third-order valence-corrected chi connectivity index (χ3v) is 3.50. The van der Waals surface area contributed by atoms with Crippen LogP contribution in [0.2, 0.25) is 0 Å². The summed E-state index contributed by atoms with van der Waals surface area (Å²) in [6.07, 6.45) is 8.80. The van der Waals surface area contributed by atoms with Crippen LogP contribution in [-0.2, 0) is 29.1 Å². The smallest absolute Gasteiger partial charge is 0.299 e. The van der Waals surface area contributed by atoms with Crippen LogP contribution in [0, 0.1) is 0 Å². The molecule has 0 spiro atoms. The summed E-state index contributed by atoms with van der Waals surface area (Å²) in [5, 5.41) is 17.4. The molecule has 0 heterocycles. The normalized spacial score (nSPS) is 11.8. The molecule has 26 heavy (non-hydrogen) atoms. The van der Waals surface area contributed by atoms with E-state index in [4.69, 9.17) is 10.5 Å². The van der Waals surface area contributed by atoms with Crippen LogP contribution in [0.4, 0.5) is 0 Å². The molecule has 0 atom stereocenters. The zero-order chi connectivity index (χ0) is 19.6. The molecule has 0 unspecified atom stereocenters. The first-order valence-corrected chi connectivity index (χ1v) is 8.98. The Morgan fingerprint density at radius 3 is 1.42 bits per heavy atom. The molecule has 8 nitrogen and oxygen atoms in total. The standard InChI is InChI=1S/C18H30O8/c1-3-5-7-9-15(19)11-13-17(23-21)25-26-18(24-22)14-12-16(20)10-8-6-4-2/h13-14,21-22H,3-12H2,1-2H3. The first-order valence-electron chi connectivity index (χ1n) is 8.98. The first kappa shape index (κ1) is 23.9. The maximum atomic E-state index is 11.6. The lowest BCUT2D eigenvalue weighted by atomic mass is 10.1. The Balaban J connectivity index is 4.31. The molecule has 0 aromatic rings. The minimum atomic E-state index is -0.480. The Labute approximate surface area is 154 Å². The van der Waals surface area contributed by atoms with E-state index in [-0.39, 0.29) is 24.4 Å². The van der Waals surface area contributed by atoms with E-state index < -0.39 is 11.9 Å². The summed E-state index contributed by atoms with van der Waals surface area (Å²) in [6, 6.07) is 0. The lowest BCUT2D eigenvalue weighted by Crippen LogP contribution is -2.03. The molecule has 0 aromatic carbocycles. The fourth-order valence-corrected chi connectivity index (χ4v) is 2.00. The van der Waals surface area contributed by atoms with Crippen molar-refractivity contribution in [2.75, 3.05) is 0 Å². The monoisotopic (exact) mass is 374 g/mol. The molecule has 0 rings (SSSR count). The molecule has 0 aliphatic carbocycles. The van der Waals surface area contributed by atoms with Gasteiger partial charge in [0.05, 0.1) is 0 Å². The van der Waals surface area contributed by atoms with Crippen LogP contribution in [0.25, 0.3) is 0 Å². The second-order valence-corrected chi connectivity index (χ2v) is 5.80. The van der Waals surface area contributed by atoms with Crippen LogP contribution in [-0.4, -0.2) is 22.1 Å². The molecular weight excluding hydrogens is 344 g/mol. The Bertz CT molecular complexity index is 414. The number of carbonyl (C=O) groups is 2. The van der Waals surface area contributed by atoms with E-state index in [1.54, 1.807) is 0 Å². The zero-order valence-corrected chi connectivity index (χ0v) is 15.6. The van der Waals surface area contributed by atoms with Crippen molar-refractivity contribution in [3.63, 3.8) is 0 Å². The highest BCUT2D eigenvalue weighted by molar-refractivity contribution is 5.80. The molecule has 0 saturated heterocycles. The Morgan fingerprint density at radius 1 is 0.731 bits per heavy atom.